The second-order valence-corrected chi connectivity index (χ2v) is 18.8. The number of fused-ring (bicyclic) bond motifs is 1. The Labute approximate surface area is 296 Å². The van der Waals surface area contributed by atoms with Crippen LogP contribution in [-0.4, -0.2) is 75.5 Å². The van der Waals surface area contributed by atoms with Crippen LogP contribution in [0.1, 0.15) is 65.0 Å². The molecular formula is C37H40N6O7Si. The highest BCUT2D eigenvalue weighted by Crippen LogP contribution is 2.45. The van der Waals surface area contributed by atoms with Crippen LogP contribution in [0, 0.1) is 0 Å². The van der Waals surface area contributed by atoms with E-state index in [0.29, 0.717) is 11.1 Å². The van der Waals surface area contributed by atoms with Gasteiger partial charge >= 0.3 is 11.9 Å². The van der Waals surface area contributed by atoms with Gasteiger partial charge in [0.05, 0.1) is 17.7 Å². The summed E-state index contributed by atoms with van der Waals surface area (Å²) in [7, 11) is -2.34. The summed E-state index contributed by atoms with van der Waals surface area (Å²) < 4.78 is 27.2. The van der Waals surface area contributed by atoms with E-state index in [1.165, 1.54) is 11.0 Å². The molecule has 1 N–H and O–H groups in total. The Kier molecular flexibility index (Phi) is 9.84. The SMILES string of the molecule is CC(C)(C)[Si](C)(C)OC[C@H]1O[C@@H](n2nnc3c(NC(=O)c4ccccc4)ncnc32)[C@](C)(OC(=O)c2ccccc2)[C@@H]1OC(=O)c1ccccc1. The predicted molar refractivity (Wildman–Crippen MR) is 190 cm³/mol. The minimum atomic E-state index is -2.34. The van der Waals surface area contributed by atoms with Crippen molar-refractivity contribution in [3.63, 3.8) is 0 Å². The van der Waals surface area contributed by atoms with Crippen molar-refractivity contribution in [3.8, 4) is 0 Å². The van der Waals surface area contributed by atoms with Crippen LogP contribution in [0.15, 0.2) is 97.3 Å². The zero-order valence-corrected chi connectivity index (χ0v) is 30.3. The quantitative estimate of drug-likeness (QED) is 0.130. The van der Waals surface area contributed by atoms with Crippen molar-refractivity contribution in [2.45, 2.75) is 69.9 Å². The van der Waals surface area contributed by atoms with Gasteiger partial charge in [-0.1, -0.05) is 80.6 Å². The molecule has 3 heterocycles. The summed E-state index contributed by atoms with van der Waals surface area (Å²) in [4.78, 5) is 49.2. The van der Waals surface area contributed by atoms with E-state index in [0.717, 1.165) is 0 Å². The van der Waals surface area contributed by atoms with Gasteiger partial charge in [0.25, 0.3) is 5.91 Å². The van der Waals surface area contributed by atoms with Crippen LogP contribution in [0.2, 0.25) is 18.1 Å². The van der Waals surface area contributed by atoms with E-state index in [1.807, 2.05) is 6.07 Å². The molecular weight excluding hydrogens is 669 g/mol. The first-order valence-corrected chi connectivity index (χ1v) is 19.5. The Morgan fingerprint density at radius 3 is 2.02 bits per heavy atom. The Hall–Kier alpha value is -5.31. The first kappa shape index (κ1) is 35.5. The second kappa shape index (κ2) is 14.1. The number of benzene rings is 3. The van der Waals surface area contributed by atoms with Gasteiger partial charge in [0, 0.05) is 5.56 Å². The van der Waals surface area contributed by atoms with Gasteiger partial charge < -0.3 is 24.0 Å². The Bertz CT molecular complexity index is 2020. The van der Waals surface area contributed by atoms with Crippen LogP contribution in [0.3, 0.4) is 0 Å². The largest absolute Gasteiger partial charge is 0.451 e. The number of carbonyl (C=O) groups is 3. The van der Waals surface area contributed by atoms with Gasteiger partial charge in [0.2, 0.25) is 0 Å². The topological polar surface area (TPSA) is 157 Å². The maximum atomic E-state index is 13.8. The first-order chi connectivity index (χ1) is 24.3. The highest BCUT2D eigenvalue weighted by atomic mass is 28.4. The maximum absolute atomic E-state index is 13.8. The molecule has 14 heteroatoms. The number of hydrogen-bond donors (Lipinski definition) is 1. The highest BCUT2D eigenvalue weighted by molar-refractivity contribution is 6.74. The molecule has 0 unspecified atom stereocenters. The Morgan fingerprint density at radius 1 is 0.863 bits per heavy atom. The molecule has 0 radical (unpaired) electrons. The van der Waals surface area contributed by atoms with Gasteiger partial charge in [-0.3, -0.25) is 4.79 Å². The number of nitrogens with zero attached hydrogens (tertiary/aromatic N) is 5. The lowest BCUT2D eigenvalue weighted by Gasteiger charge is -2.37. The van der Waals surface area contributed by atoms with Gasteiger partial charge in [0.1, 0.15) is 12.4 Å². The van der Waals surface area contributed by atoms with Crippen LogP contribution < -0.4 is 5.32 Å². The van der Waals surface area contributed by atoms with Crippen molar-refractivity contribution in [3.05, 3.63) is 114 Å². The van der Waals surface area contributed by atoms with E-state index in [4.69, 9.17) is 18.6 Å². The lowest BCUT2D eigenvalue weighted by molar-refractivity contribution is -0.113. The molecule has 1 amide bonds. The first-order valence-electron chi connectivity index (χ1n) is 16.5. The highest BCUT2D eigenvalue weighted by Gasteiger charge is 2.61. The molecule has 51 heavy (non-hydrogen) atoms. The van der Waals surface area contributed by atoms with Crippen molar-refractivity contribution >= 4 is 43.1 Å². The summed E-state index contributed by atoms with van der Waals surface area (Å²) in [5, 5.41) is 11.3. The van der Waals surface area contributed by atoms with E-state index in [2.05, 4.69) is 59.5 Å². The minimum Gasteiger partial charge on any atom is -0.451 e. The summed E-state index contributed by atoms with van der Waals surface area (Å²) in [5.74, 6) is -1.60. The van der Waals surface area contributed by atoms with Gasteiger partial charge in [-0.25, -0.2) is 19.6 Å². The lowest BCUT2D eigenvalue weighted by Crippen LogP contribution is -2.51. The lowest BCUT2D eigenvalue weighted by atomic mass is 9.95. The average molecular weight is 709 g/mol. The summed E-state index contributed by atoms with van der Waals surface area (Å²) in [5.41, 5.74) is -0.343. The second-order valence-electron chi connectivity index (χ2n) is 14.0. The number of esters is 2. The summed E-state index contributed by atoms with van der Waals surface area (Å²) in [6.07, 6.45) is -2.05. The number of hydrogen-bond acceptors (Lipinski definition) is 11. The molecule has 1 fully saturated rings. The molecule has 1 aliphatic heterocycles. The maximum Gasteiger partial charge on any atom is 0.338 e. The molecule has 1 saturated heterocycles. The number of ether oxygens (including phenoxy) is 3. The molecule has 0 spiro atoms. The fourth-order valence-corrected chi connectivity index (χ4v) is 6.50. The van der Waals surface area contributed by atoms with E-state index in [9.17, 15) is 14.4 Å². The Morgan fingerprint density at radius 2 is 1.43 bits per heavy atom. The van der Waals surface area contributed by atoms with Crippen molar-refractivity contribution < 1.29 is 33.0 Å². The van der Waals surface area contributed by atoms with Crippen molar-refractivity contribution in [1.29, 1.82) is 0 Å². The number of rotatable bonds is 10. The molecule has 2 aromatic heterocycles. The van der Waals surface area contributed by atoms with Crippen LogP contribution in [-0.2, 0) is 18.6 Å². The molecule has 13 nitrogen and oxygen atoms in total. The van der Waals surface area contributed by atoms with Gasteiger partial charge in [-0.15, -0.1) is 5.10 Å². The molecule has 4 atom stereocenters. The number of anilines is 1. The van der Waals surface area contributed by atoms with Crippen LogP contribution in [0.5, 0.6) is 0 Å². The van der Waals surface area contributed by atoms with Crippen LogP contribution in [0.25, 0.3) is 11.2 Å². The fraction of sp³-hybridized carbons (Fsp3) is 0.324. The standard InChI is InChI=1S/C37H40N6O7Si/c1-36(2,3)51(5,6)47-22-27-29(49-33(45)25-18-12-8-13-19-25)37(4,50-34(46)26-20-14-9-15-21-26)35(48-27)43-31-28(41-42-43)30(38-23-39-31)40-32(44)24-16-10-7-11-17-24/h7-21,23,27,29,35H,22H2,1-6H3,(H,38,39,40,44)/t27-,29-,35-,37-/m1/s1. The molecule has 264 valence electrons. The third kappa shape index (κ3) is 7.29. The van der Waals surface area contributed by atoms with Crippen molar-refractivity contribution in [2.75, 3.05) is 11.9 Å². The Balaban J connectivity index is 1.43. The number of aromatic nitrogens is 5. The van der Waals surface area contributed by atoms with Gasteiger partial charge in [-0.05, 0) is 61.5 Å². The van der Waals surface area contributed by atoms with Crippen LogP contribution in [0.4, 0.5) is 5.82 Å². The molecule has 1 aliphatic rings. The van der Waals surface area contributed by atoms with Gasteiger partial charge in [0.15, 0.2) is 43.2 Å². The third-order valence-electron chi connectivity index (χ3n) is 9.43. The van der Waals surface area contributed by atoms with E-state index in [1.54, 1.807) is 91.9 Å². The molecule has 5 aromatic rings. The molecule has 6 rings (SSSR count). The number of carbonyl (C=O) groups excluding carboxylic acids is 3. The number of nitrogens with one attached hydrogen (secondary N) is 1. The predicted octanol–water partition coefficient (Wildman–Crippen LogP) is 6.23. The summed E-state index contributed by atoms with van der Waals surface area (Å²) in [6, 6.07) is 25.7. The zero-order chi connectivity index (χ0) is 36.4. The molecule has 0 aliphatic carbocycles. The smallest absolute Gasteiger partial charge is 0.338 e. The van der Waals surface area contributed by atoms with E-state index in [-0.39, 0.29) is 34.2 Å². The minimum absolute atomic E-state index is 0.0260. The normalized spacial score (nSPS) is 20.5. The van der Waals surface area contributed by atoms with Gasteiger partial charge in [-0.2, -0.15) is 4.68 Å². The number of amides is 1. The van der Waals surface area contributed by atoms with E-state index >= 15 is 0 Å². The molecule has 3 aromatic carbocycles. The van der Waals surface area contributed by atoms with Crippen molar-refractivity contribution in [1.82, 2.24) is 25.0 Å². The van der Waals surface area contributed by atoms with Crippen LogP contribution >= 0.6 is 0 Å². The molecule has 0 saturated carbocycles. The monoisotopic (exact) mass is 708 g/mol. The third-order valence-corrected chi connectivity index (χ3v) is 13.9. The fourth-order valence-electron chi connectivity index (χ4n) is 5.49. The summed E-state index contributed by atoms with van der Waals surface area (Å²) in [6.45, 7) is 12.2. The van der Waals surface area contributed by atoms with E-state index < -0.39 is 50.2 Å². The molecule has 0 bridgehead atoms. The average Bonchev–Trinajstić information content (AvgIpc) is 3.66. The zero-order valence-electron chi connectivity index (χ0n) is 29.3. The summed E-state index contributed by atoms with van der Waals surface area (Å²) >= 11 is 0. The van der Waals surface area contributed by atoms with Crippen molar-refractivity contribution in [2.24, 2.45) is 0 Å².